The van der Waals surface area contributed by atoms with Crippen molar-refractivity contribution < 1.29 is 0 Å². The first kappa shape index (κ1) is 10.3. The summed E-state index contributed by atoms with van der Waals surface area (Å²) in [5.41, 5.74) is 4.64. The zero-order valence-corrected chi connectivity index (χ0v) is 10.3. The van der Waals surface area contributed by atoms with Gasteiger partial charge in [-0.3, -0.25) is 0 Å². The average molecular weight is 215 g/mol. The van der Waals surface area contributed by atoms with E-state index in [-0.39, 0.29) is 0 Å². The third-order valence-corrected chi connectivity index (χ3v) is 4.30. The Kier molecular flexibility index (Phi) is 2.51. The second kappa shape index (κ2) is 3.89. The minimum Gasteiger partial charge on any atom is -0.307 e. The molecule has 0 saturated heterocycles. The summed E-state index contributed by atoms with van der Waals surface area (Å²) in [6, 6.07) is 8.08. The summed E-state index contributed by atoms with van der Waals surface area (Å²) in [5.74, 6) is 0.953. The van der Waals surface area contributed by atoms with Crippen LogP contribution in [0.1, 0.15) is 48.9 Å². The molecule has 0 amide bonds. The molecule has 1 heteroatoms. The number of nitrogens with one attached hydrogen (secondary N) is 1. The number of rotatable bonds is 3. The normalized spacial score (nSPS) is 25.5. The minimum atomic E-state index is 0.616. The van der Waals surface area contributed by atoms with Crippen LogP contribution in [0.2, 0.25) is 0 Å². The number of aryl methyl sites for hydroxylation is 1. The van der Waals surface area contributed by atoms with E-state index < -0.39 is 0 Å². The number of benzene rings is 1. The minimum absolute atomic E-state index is 0.616. The molecule has 1 aromatic carbocycles. The summed E-state index contributed by atoms with van der Waals surface area (Å²) in [4.78, 5) is 0. The van der Waals surface area contributed by atoms with E-state index in [1.165, 1.54) is 31.2 Å². The molecule has 0 aliphatic heterocycles. The lowest BCUT2D eigenvalue weighted by molar-refractivity contribution is 0.421. The van der Waals surface area contributed by atoms with Crippen LogP contribution in [0.5, 0.6) is 0 Å². The number of hydrogen-bond donors (Lipinski definition) is 1. The topological polar surface area (TPSA) is 12.0 Å². The first-order valence-electron chi connectivity index (χ1n) is 6.60. The molecule has 2 aliphatic rings. The van der Waals surface area contributed by atoms with Crippen LogP contribution < -0.4 is 5.32 Å². The first-order chi connectivity index (χ1) is 7.75. The molecule has 1 aromatic rings. The predicted molar refractivity (Wildman–Crippen MR) is 67.6 cm³/mol. The van der Waals surface area contributed by atoms with Crippen molar-refractivity contribution in [1.82, 2.24) is 5.32 Å². The maximum absolute atomic E-state index is 3.82. The van der Waals surface area contributed by atoms with E-state index >= 15 is 0 Å². The summed E-state index contributed by atoms with van der Waals surface area (Å²) >= 11 is 0. The Morgan fingerprint density at radius 3 is 2.81 bits per heavy atom. The Hall–Kier alpha value is -0.820. The Labute approximate surface area is 98.3 Å². The Balaban J connectivity index is 1.77. The third kappa shape index (κ3) is 1.78. The molecule has 1 nitrogen and oxygen atoms in total. The summed E-state index contributed by atoms with van der Waals surface area (Å²) < 4.78 is 0. The quantitative estimate of drug-likeness (QED) is 0.815. The standard InChI is InChI=1S/C15H21N/c1-10-4-3-5-14-13(10)8-9-15(14)16-11(2)12-6-7-12/h3-5,11-12,15-16H,6-9H2,1-2H3. The van der Waals surface area contributed by atoms with Gasteiger partial charge in [0.2, 0.25) is 0 Å². The lowest BCUT2D eigenvalue weighted by Crippen LogP contribution is -2.30. The van der Waals surface area contributed by atoms with Crippen LogP contribution >= 0.6 is 0 Å². The molecule has 2 unspecified atom stereocenters. The molecule has 0 aromatic heterocycles. The van der Waals surface area contributed by atoms with Gasteiger partial charge in [-0.15, -0.1) is 0 Å². The van der Waals surface area contributed by atoms with E-state index in [4.69, 9.17) is 0 Å². The van der Waals surface area contributed by atoms with Crippen LogP contribution in [-0.2, 0) is 6.42 Å². The van der Waals surface area contributed by atoms with Gasteiger partial charge in [-0.05, 0) is 62.1 Å². The number of fused-ring (bicyclic) bond motifs is 1. The SMILES string of the molecule is Cc1cccc2c1CCC2NC(C)C1CC1. The second-order valence-electron chi connectivity index (χ2n) is 5.53. The average Bonchev–Trinajstić information content (AvgIpc) is 3.04. The molecule has 2 aliphatic carbocycles. The Bertz CT molecular complexity index is 392. The summed E-state index contributed by atoms with van der Waals surface area (Å²) in [6.07, 6.45) is 5.41. The maximum atomic E-state index is 3.82. The second-order valence-corrected chi connectivity index (χ2v) is 5.53. The molecule has 1 N–H and O–H groups in total. The maximum Gasteiger partial charge on any atom is 0.0328 e. The van der Waals surface area contributed by atoms with E-state index in [1.807, 2.05) is 0 Å². The van der Waals surface area contributed by atoms with Gasteiger partial charge in [0.1, 0.15) is 0 Å². The molecule has 86 valence electrons. The van der Waals surface area contributed by atoms with Crippen LogP contribution in [0.4, 0.5) is 0 Å². The van der Waals surface area contributed by atoms with Crippen molar-refractivity contribution in [1.29, 1.82) is 0 Å². The lowest BCUT2D eigenvalue weighted by atomic mass is 10.0. The highest BCUT2D eigenvalue weighted by Gasteiger charge is 2.31. The molecule has 16 heavy (non-hydrogen) atoms. The largest absolute Gasteiger partial charge is 0.307 e. The van der Waals surface area contributed by atoms with E-state index in [0.29, 0.717) is 12.1 Å². The zero-order chi connectivity index (χ0) is 11.1. The molecule has 0 radical (unpaired) electrons. The highest BCUT2D eigenvalue weighted by Crippen LogP contribution is 2.37. The van der Waals surface area contributed by atoms with Gasteiger partial charge < -0.3 is 5.32 Å². The van der Waals surface area contributed by atoms with E-state index in [0.717, 1.165) is 5.92 Å². The van der Waals surface area contributed by atoms with Crippen LogP contribution in [0, 0.1) is 12.8 Å². The van der Waals surface area contributed by atoms with Gasteiger partial charge in [-0.2, -0.15) is 0 Å². The predicted octanol–water partition coefficient (Wildman–Crippen LogP) is 3.37. The van der Waals surface area contributed by atoms with Gasteiger partial charge in [0.25, 0.3) is 0 Å². The third-order valence-electron chi connectivity index (χ3n) is 4.30. The van der Waals surface area contributed by atoms with E-state index in [2.05, 4.69) is 37.4 Å². The van der Waals surface area contributed by atoms with Crippen molar-refractivity contribution in [3.05, 3.63) is 34.9 Å². The summed E-state index contributed by atoms with van der Waals surface area (Å²) in [5, 5.41) is 3.82. The van der Waals surface area contributed by atoms with Crippen molar-refractivity contribution >= 4 is 0 Å². The van der Waals surface area contributed by atoms with Crippen molar-refractivity contribution in [3.8, 4) is 0 Å². The van der Waals surface area contributed by atoms with Crippen LogP contribution in [0.3, 0.4) is 0 Å². The monoisotopic (exact) mass is 215 g/mol. The zero-order valence-electron chi connectivity index (χ0n) is 10.3. The summed E-state index contributed by atoms with van der Waals surface area (Å²) in [6.45, 7) is 4.59. The van der Waals surface area contributed by atoms with Gasteiger partial charge in [0.05, 0.1) is 0 Å². The fraction of sp³-hybridized carbons (Fsp3) is 0.600. The van der Waals surface area contributed by atoms with Crippen molar-refractivity contribution in [3.63, 3.8) is 0 Å². The van der Waals surface area contributed by atoms with Gasteiger partial charge >= 0.3 is 0 Å². The molecule has 1 fully saturated rings. The molecule has 0 spiro atoms. The molecule has 1 saturated carbocycles. The Morgan fingerprint density at radius 1 is 1.25 bits per heavy atom. The Morgan fingerprint density at radius 2 is 2.06 bits per heavy atom. The molecule has 2 atom stereocenters. The highest BCUT2D eigenvalue weighted by atomic mass is 15.0. The highest BCUT2D eigenvalue weighted by molar-refractivity contribution is 5.40. The number of hydrogen-bond acceptors (Lipinski definition) is 1. The fourth-order valence-corrected chi connectivity index (χ4v) is 3.06. The van der Waals surface area contributed by atoms with Crippen LogP contribution in [-0.4, -0.2) is 6.04 Å². The lowest BCUT2D eigenvalue weighted by Gasteiger charge is -2.20. The summed E-state index contributed by atoms with van der Waals surface area (Å²) in [7, 11) is 0. The van der Waals surface area contributed by atoms with Gasteiger partial charge in [-0.1, -0.05) is 18.2 Å². The molecular weight excluding hydrogens is 194 g/mol. The van der Waals surface area contributed by atoms with E-state index in [1.54, 1.807) is 11.1 Å². The van der Waals surface area contributed by atoms with Gasteiger partial charge in [-0.25, -0.2) is 0 Å². The first-order valence-corrected chi connectivity index (χ1v) is 6.60. The molecule has 3 rings (SSSR count). The molecule has 0 heterocycles. The van der Waals surface area contributed by atoms with Crippen LogP contribution in [0.15, 0.2) is 18.2 Å². The van der Waals surface area contributed by atoms with E-state index in [9.17, 15) is 0 Å². The van der Waals surface area contributed by atoms with Gasteiger partial charge in [0, 0.05) is 12.1 Å². The molecular formula is C15H21N. The van der Waals surface area contributed by atoms with Crippen molar-refractivity contribution in [2.75, 3.05) is 0 Å². The van der Waals surface area contributed by atoms with Crippen molar-refractivity contribution in [2.24, 2.45) is 5.92 Å². The van der Waals surface area contributed by atoms with Crippen molar-refractivity contribution in [2.45, 2.75) is 51.6 Å². The van der Waals surface area contributed by atoms with Crippen LogP contribution in [0.25, 0.3) is 0 Å². The molecule has 0 bridgehead atoms. The fourth-order valence-electron chi connectivity index (χ4n) is 3.06. The smallest absolute Gasteiger partial charge is 0.0328 e. The van der Waals surface area contributed by atoms with Gasteiger partial charge in [0.15, 0.2) is 0 Å².